The molecule has 38 heavy (non-hydrogen) atoms. The second-order valence-electron chi connectivity index (χ2n) is 10.8. The fourth-order valence-corrected chi connectivity index (χ4v) is 6.80. The van der Waals surface area contributed by atoms with E-state index in [4.69, 9.17) is 9.97 Å². The molecule has 0 radical (unpaired) electrons. The van der Waals surface area contributed by atoms with Crippen LogP contribution in [0, 0.1) is 5.92 Å². The monoisotopic (exact) mass is 494 g/mol. The molecular weight excluding hydrogens is 464 g/mol. The van der Waals surface area contributed by atoms with E-state index in [1.54, 1.807) is 0 Å². The van der Waals surface area contributed by atoms with Gasteiger partial charge in [0, 0.05) is 22.8 Å². The van der Waals surface area contributed by atoms with E-state index in [0.717, 1.165) is 49.4 Å². The predicted octanol–water partition coefficient (Wildman–Crippen LogP) is 7.22. The van der Waals surface area contributed by atoms with E-state index in [9.17, 15) is 0 Å². The summed E-state index contributed by atoms with van der Waals surface area (Å²) >= 11 is 0. The first-order chi connectivity index (χ1) is 18.8. The number of fused-ring (bicyclic) bond motifs is 6. The molecule has 1 aromatic heterocycles. The molecule has 3 atom stereocenters. The van der Waals surface area contributed by atoms with Gasteiger partial charge in [-0.15, -0.1) is 0 Å². The van der Waals surface area contributed by atoms with Crippen LogP contribution >= 0.6 is 0 Å². The quantitative estimate of drug-likeness (QED) is 0.489. The van der Waals surface area contributed by atoms with Gasteiger partial charge in [-0.2, -0.15) is 0 Å². The smallest absolute Gasteiger partial charge is 0.231 e. The Bertz CT molecular complexity index is 1590. The zero-order valence-corrected chi connectivity index (χ0v) is 21.3. The SMILES string of the molecule is C1=CCCC(c2cc(C3=CCCC=C3)nc(N3c4ccccc4C4=C5NC6C=CC=CC6C5=CCC43)n2)=C1. The molecule has 6 aliphatic rings. The lowest BCUT2D eigenvalue weighted by molar-refractivity contribution is 0.653. The van der Waals surface area contributed by atoms with Gasteiger partial charge < -0.3 is 10.2 Å². The fourth-order valence-electron chi connectivity index (χ4n) is 6.80. The Morgan fingerprint density at radius 1 is 0.895 bits per heavy atom. The van der Waals surface area contributed by atoms with E-state index in [2.05, 4.69) is 107 Å². The van der Waals surface area contributed by atoms with E-state index < -0.39 is 0 Å². The summed E-state index contributed by atoms with van der Waals surface area (Å²) in [5, 5.41) is 3.88. The topological polar surface area (TPSA) is 41.1 Å². The maximum Gasteiger partial charge on any atom is 0.231 e. The van der Waals surface area contributed by atoms with Crippen LogP contribution in [0.3, 0.4) is 0 Å². The molecule has 0 spiro atoms. The first kappa shape index (κ1) is 21.9. The lowest BCUT2D eigenvalue weighted by atomic mass is 9.84. The Balaban J connectivity index is 1.30. The van der Waals surface area contributed by atoms with E-state index in [1.807, 2.05) is 0 Å². The molecule has 3 heterocycles. The highest BCUT2D eigenvalue weighted by Crippen LogP contribution is 2.52. The summed E-state index contributed by atoms with van der Waals surface area (Å²) in [5.41, 5.74) is 11.2. The van der Waals surface area contributed by atoms with Crippen LogP contribution in [0.15, 0.2) is 108 Å². The van der Waals surface area contributed by atoms with Gasteiger partial charge in [-0.25, -0.2) is 9.97 Å². The van der Waals surface area contributed by atoms with Gasteiger partial charge in [0.15, 0.2) is 0 Å². The Hall–Kier alpha value is -4.18. The molecule has 186 valence electrons. The van der Waals surface area contributed by atoms with Crippen molar-refractivity contribution in [2.75, 3.05) is 4.90 Å². The van der Waals surface area contributed by atoms with E-state index in [0.29, 0.717) is 12.0 Å². The van der Waals surface area contributed by atoms with Gasteiger partial charge in [0.25, 0.3) is 0 Å². The van der Waals surface area contributed by atoms with Crippen molar-refractivity contribution < 1.29 is 0 Å². The molecule has 2 aliphatic heterocycles. The van der Waals surface area contributed by atoms with Gasteiger partial charge in [-0.1, -0.05) is 85.0 Å². The van der Waals surface area contributed by atoms with Crippen molar-refractivity contribution >= 4 is 28.4 Å². The Morgan fingerprint density at radius 2 is 1.82 bits per heavy atom. The maximum absolute atomic E-state index is 5.26. The van der Waals surface area contributed by atoms with Crippen LogP contribution in [0.1, 0.15) is 49.1 Å². The molecule has 0 saturated carbocycles. The number of nitrogens with one attached hydrogen (secondary N) is 1. The number of aromatic nitrogens is 2. The summed E-state index contributed by atoms with van der Waals surface area (Å²) < 4.78 is 0. The van der Waals surface area contributed by atoms with Crippen molar-refractivity contribution in [3.05, 3.63) is 125 Å². The van der Waals surface area contributed by atoms with Crippen LogP contribution in [0.4, 0.5) is 11.6 Å². The third-order valence-electron chi connectivity index (χ3n) is 8.59. The molecule has 3 unspecified atom stereocenters. The molecule has 1 aromatic carbocycles. The number of anilines is 2. The standard InChI is InChI=1S/C34H30N4/c1-3-11-22(12-4-1)28-21-29(23-13-5-2-6-14-23)37-34(36-28)38-30-18-10-8-16-26(30)32-31(38)20-19-25-24-15-7-9-17-27(24)35-33(25)32/h1,3,5,7-11,13-19,21,24,27,31,35H,2,4,6,12,20H2. The van der Waals surface area contributed by atoms with Crippen LogP contribution in [0.5, 0.6) is 0 Å². The third-order valence-corrected chi connectivity index (χ3v) is 8.59. The van der Waals surface area contributed by atoms with Gasteiger partial charge in [-0.05, 0) is 61.0 Å². The van der Waals surface area contributed by atoms with Crippen LogP contribution in [0.2, 0.25) is 0 Å². The third kappa shape index (κ3) is 3.36. The van der Waals surface area contributed by atoms with E-state index in [1.165, 1.54) is 39.2 Å². The minimum absolute atomic E-state index is 0.172. The average molecular weight is 495 g/mol. The lowest BCUT2D eigenvalue weighted by Crippen LogP contribution is -2.31. The normalized spacial score (nSPS) is 26.3. The Labute approximate surface area is 223 Å². The van der Waals surface area contributed by atoms with E-state index >= 15 is 0 Å². The second-order valence-corrected chi connectivity index (χ2v) is 10.8. The largest absolute Gasteiger partial charge is 0.377 e. The molecular formula is C34H30N4. The van der Waals surface area contributed by atoms with E-state index in [-0.39, 0.29) is 6.04 Å². The minimum Gasteiger partial charge on any atom is -0.377 e. The summed E-state index contributed by atoms with van der Waals surface area (Å²) in [6.07, 6.45) is 30.0. The van der Waals surface area contributed by atoms with Crippen molar-refractivity contribution in [2.24, 2.45) is 5.92 Å². The molecule has 2 aromatic rings. The van der Waals surface area contributed by atoms with Crippen LogP contribution in [-0.4, -0.2) is 22.1 Å². The molecule has 0 bridgehead atoms. The number of nitrogens with zero attached hydrogens (tertiary/aromatic N) is 3. The lowest BCUT2D eigenvalue weighted by Gasteiger charge is -2.29. The number of benzene rings is 1. The molecule has 4 heteroatoms. The van der Waals surface area contributed by atoms with Crippen LogP contribution in [-0.2, 0) is 0 Å². The molecule has 1 N–H and O–H groups in total. The molecule has 1 fully saturated rings. The first-order valence-corrected chi connectivity index (χ1v) is 13.9. The van der Waals surface area contributed by atoms with Crippen LogP contribution < -0.4 is 10.2 Å². The fraction of sp³-hybridized carbons (Fsp3) is 0.235. The summed E-state index contributed by atoms with van der Waals surface area (Å²) in [7, 11) is 0. The zero-order valence-electron chi connectivity index (χ0n) is 21.3. The molecule has 8 rings (SSSR count). The number of rotatable bonds is 3. The zero-order chi connectivity index (χ0) is 25.1. The van der Waals surface area contributed by atoms with Gasteiger partial charge >= 0.3 is 0 Å². The van der Waals surface area contributed by atoms with Gasteiger partial charge in [-0.3, -0.25) is 0 Å². The maximum atomic E-state index is 5.26. The Kier molecular flexibility index (Phi) is 5.00. The summed E-state index contributed by atoms with van der Waals surface area (Å²) in [6.45, 7) is 0. The molecule has 4 nitrogen and oxygen atoms in total. The number of hydrogen-bond donors (Lipinski definition) is 1. The van der Waals surface area contributed by atoms with Crippen molar-refractivity contribution in [1.82, 2.24) is 15.3 Å². The predicted molar refractivity (Wildman–Crippen MR) is 155 cm³/mol. The molecule has 0 amide bonds. The van der Waals surface area contributed by atoms with Crippen molar-refractivity contribution in [3.63, 3.8) is 0 Å². The van der Waals surface area contributed by atoms with Crippen molar-refractivity contribution in [3.8, 4) is 0 Å². The molecule has 1 saturated heterocycles. The highest BCUT2D eigenvalue weighted by atomic mass is 15.3. The van der Waals surface area contributed by atoms with Gasteiger partial charge in [0.1, 0.15) is 0 Å². The minimum atomic E-state index is 0.172. The number of hydrogen-bond acceptors (Lipinski definition) is 4. The number of allylic oxidation sites excluding steroid dienone is 11. The van der Waals surface area contributed by atoms with Crippen LogP contribution in [0.25, 0.3) is 16.7 Å². The number of para-hydroxylation sites is 1. The summed E-state index contributed by atoms with van der Waals surface area (Å²) in [4.78, 5) is 12.9. The summed E-state index contributed by atoms with van der Waals surface area (Å²) in [5.74, 6) is 1.21. The van der Waals surface area contributed by atoms with Crippen molar-refractivity contribution in [1.29, 1.82) is 0 Å². The van der Waals surface area contributed by atoms with Gasteiger partial charge in [0.2, 0.25) is 5.95 Å². The summed E-state index contributed by atoms with van der Waals surface area (Å²) in [6, 6.07) is 11.5. The van der Waals surface area contributed by atoms with Crippen molar-refractivity contribution in [2.45, 2.75) is 44.2 Å². The molecule has 4 aliphatic carbocycles. The Morgan fingerprint density at radius 3 is 2.71 bits per heavy atom. The van der Waals surface area contributed by atoms with Gasteiger partial charge in [0.05, 0.1) is 29.2 Å². The highest BCUT2D eigenvalue weighted by molar-refractivity contribution is 5.95. The highest BCUT2D eigenvalue weighted by Gasteiger charge is 2.44. The second kappa shape index (κ2) is 8.70. The first-order valence-electron chi connectivity index (χ1n) is 13.9. The average Bonchev–Trinajstić information content (AvgIpc) is 3.53.